The first kappa shape index (κ1) is 18.9. The molecule has 0 amide bonds. The lowest BCUT2D eigenvalue weighted by molar-refractivity contribution is 0.0912. The largest absolute Gasteiger partial charge is 0.376 e. The van der Waals surface area contributed by atoms with Gasteiger partial charge in [-0.1, -0.05) is 35.0 Å². The van der Waals surface area contributed by atoms with Crippen molar-refractivity contribution in [2.24, 2.45) is 0 Å². The molecular formula is C14H16Cl2N4O3S2. The third-order valence-corrected chi connectivity index (χ3v) is 7.35. The molecule has 3 rings (SSSR count). The van der Waals surface area contributed by atoms with Gasteiger partial charge < -0.3 is 4.74 Å². The second-order valence-electron chi connectivity index (χ2n) is 5.52. The smallest absolute Gasteiger partial charge is 0.209 e. The van der Waals surface area contributed by atoms with Crippen LogP contribution in [0.4, 0.5) is 0 Å². The Labute approximate surface area is 159 Å². The van der Waals surface area contributed by atoms with Crippen LogP contribution in [0, 0.1) is 0 Å². The van der Waals surface area contributed by atoms with Gasteiger partial charge in [0.25, 0.3) is 0 Å². The van der Waals surface area contributed by atoms with Gasteiger partial charge in [0.05, 0.1) is 28.3 Å². The Bertz CT molecular complexity index is 838. The van der Waals surface area contributed by atoms with Crippen LogP contribution < -0.4 is 0 Å². The quantitative estimate of drug-likeness (QED) is 0.633. The van der Waals surface area contributed by atoms with Gasteiger partial charge >= 0.3 is 0 Å². The molecule has 1 aromatic heterocycles. The summed E-state index contributed by atoms with van der Waals surface area (Å²) in [6, 6.07) is 4.40. The van der Waals surface area contributed by atoms with Crippen LogP contribution in [0.3, 0.4) is 0 Å². The van der Waals surface area contributed by atoms with E-state index < -0.39 is 9.84 Å². The maximum absolute atomic E-state index is 12.5. The minimum Gasteiger partial charge on any atom is -0.376 e. The number of ether oxygens (including phenoxy) is 1. The number of aromatic nitrogens is 4. The molecule has 25 heavy (non-hydrogen) atoms. The van der Waals surface area contributed by atoms with Crippen molar-refractivity contribution in [1.29, 1.82) is 0 Å². The van der Waals surface area contributed by atoms with Gasteiger partial charge in [-0.3, -0.25) is 0 Å². The van der Waals surface area contributed by atoms with E-state index in [9.17, 15) is 8.42 Å². The predicted molar refractivity (Wildman–Crippen MR) is 96.0 cm³/mol. The molecule has 1 fully saturated rings. The average molecular weight is 423 g/mol. The first-order chi connectivity index (χ1) is 12.0. The zero-order chi connectivity index (χ0) is 17.9. The first-order valence-corrected chi connectivity index (χ1v) is 11.0. The SMILES string of the molecule is O=S(=O)(CCSc1nnnn1C[C@@H]1CCCO1)c1cc(Cl)ccc1Cl. The number of benzene rings is 1. The summed E-state index contributed by atoms with van der Waals surface area (Å²) in [6.07, 6.45) is 2.12. The van der Waals surface area contributed by atoms with Crippen molar-refractivity contribution >= 4 is 44.8 Å². The molecule has 0 N–H and O–H groups in total. The normalized spacial score (nSPS) is 17.9. The second-order valence-corrected chi connectivity index (χ2v) is 9.50. The summed E-state index contributed by atoms with van der Waals surface area (Å²) in [7, 11) is -3.54. The zero-order valence-corrected chi connectivity index (χ0v) is 16.3. The van der Waals surface area contributed by atoms with Crippen LogP contribution >= 0.6 is 35.0 Å². The Morgan fingerprint density at radius 3 is 2.96 bits per heavy atom. The van der Waals surface area contributed by atoms with Crippen LogP contribution in [0.1, 0.15) is 12.8 Å². The summed E-state index contributed by atoms with van der Waals surface area (Å²) in [5, 5.41) is 12.6. The molecule has 2 heterocycles. The molecule has 7 nitrogen and oxygen atoms in total. The second kappa shape index (κ2) is 8.22. The highest BCUT2D eigenvalue weighted by Gasteiger charge is 2.21. The Morgan fingerprint density at radius 1 is 1.36 bits per heavy atom. The summed E-state index contributed by atoms with van der Waals surface area (Å²) in [6.45, 7) is 1.33. The van der Waals surface area contributed by atoms with Crippen molar-refractivity contribution in [2.75, 3.05) is 18.1 Å². The van der Waals surface area contributed by atoms with Crippen LogP contribution in [0.15, 0.2) is 28.3 Å². The Kier molecular flexibility index (Phi) is 6.21. The maximum atomic E-state index is 12.5. The van der Waals surface area contributed by atoms with Gasteiger partial charge in [-0.05, 0) is 41.5 Å². The van der Waals surface area contributed by atoms with Crippen molar-refractivity contribution < 1.29 is 13.2 Å². The monoisotopic (exact) mass is 422 g/mol. The fourth-order valence-corrected chi connectivity index (χ4v) is 5.81. The molecule has 1 aliphatic heterocycles. The molecule has 0 unspecified atom stereocenters. The van der Waals surface area contributed by atoms with Gasteiger partial charge in [0.1, 0.15) is 0 Å². The Morgan fingerprint density at radius 2 is 2.20 bits per heavy atom. The number of halogens is 2. The standard InChI is InChI=1S/C14H16Cl2N4O3S2/c15-10-3-4-12(16)13(8-10)25(21,22)7-6-24-14-17-18-19-20(14)9-11-2-1-5-23-11/h3-4,8,11H,1-2,5-7,9H2/t11-/m0/s1. The molecule has 1 saturated heterocycles. The van der Waals surface area contributed by atoms with Gasteiger partial charge in [0.2, 0.25) is 5.16 Å². The third kappa shape index (κ3) is 4.85. The van der Waals surface area contributed by atoms with E-state index in [1.165, 1.54) is 23.9 Å². The van der Waals surface area contributed by atoms with Crippen LogP contribution in [-0.4, -0.2) is 52.8 Å². The molecular weight excluding hydrogens is 407 g/mol. The van der Waals surface area contributed by atoms with E-state index >= 15 is 0 Å². The minimum absolute atomic E-state index is 0.0428. The van der Waals surface area contributed by atoms with Gasteiger partial charge in [0, 0.05) is 17.4 Å². The number of thioether (sulfide) groups is 1. The molecule has 1 aliphatic rings. The minimum atomic E-state index is -3.54. The first-order valence-electron chi connectivity index (χ1n) is 7.64. The fourth-order valence-electron chi connectivity index (χ4n) is 2.46. The third-order valence-electron chi connectivity index (χ3n) is 3.71. The highest BCUT2D eigenvalue weighted by Crippen LogP contribution is 2.27. The van der Waals surface area contributed by atoms with Crippen molar-refractivity contribution in [3.63, 3.8) is 0 Å². The summed E-state index contributed by atoms with van der Waals surface area (Å²) in [4.78, 5) is 0.0428. The summed E-state index contributed by atoms with van der Waals surface area (Å²) < 4.78 is 32.2. The zero-order valence-electron chi connectivity index (χ0n) is 13.1. The number of hydrogen-bond donors (Lipinski definition) is 0. The van der Waals surface area contributed by atoms with Gasteiger partial charge in [0.15, 0.2) is 9.84 Å². The Hall–Kier alpha value is -0.870. The van der Waals surface area contributed by atoms with Crippen molar-refractivity contribution in [2.45, 2.75) is 35.5 Å². The molecule has 0 radical (unpaired) electrons. The summed E-state index contributed by atoms with van der Waals surface area (Å²) in [5.74, 6) is 0.210. The predicted octanol–water partition coefficient (Wildman–Crippen LogP) is 2.72. The van der Waals surface area contributed by atoms with E-state index in [0.29, 0.717) is 22.5 Å². The molecule has 0 aliphatic carbocycles. The average Bonchev–Trinajstić information content (AvgIpc) is 3.22. The maximum Gasteiger partial charge on any atom is 0.209 e. The summed E-state index contributed by atoms with van der Waals surface area (Å²) >= 11 is 13.1. The highest BCUT2D eigenvalue weighted by atomic mass is 35.5. The fraction of sp³-hybridized carbons (Fsp3) is 0.500. The van der Waals surface area contributed by atoms with Gasteiger partial charge in [-0.2, -0.15) is 0 Å². The van der Waals surface area contributed by atoms with Crippen molar-refractivity contribution in [1.82, 2.24) is 20.2 Å². The van der Waals surface area contributed by atoms with E-state index in [4.69, 9.17) is 27.9 Å². The van der Waals surface area contributed by atoms with E-state index in [-0.39, 0.29) is 21.8 Å². The van der Waals surface area contributed by atoms with Gasteiger partial charge in [-0.15, -0.1) is 5.10 Å². The van der Waals surface area contributed by atoms with Crippen molar-refractivity contribution in [3.05, 3.63) is 28.2 Å². The molecule has 1 atom stereocenters. The highest BCUT2D eigenvalue weighted by molar-refractivity contribution is 8.00. The lowest BCUT2D eigenvalue weighted by Crippen LogP contribution is -2.17. The lowest BCUT2D eigenvalue weighted by Gasteiger charge is -2.10. The van der Waals surface area contributed by atoms with E-state index in [0.717, 1.165) is 19.4 Å². The number of nitrogens with zero attached hydrogens (tertiary/aromatic N) is 4. The van der Waals surface area contributed by atoms with Crippen LogP contribution in [0.2, 0.25) is 10.0 Å². The van der Waals surface area contributed by atoms with Crippen LogP contribution in [-0.2, 0) is 21.1 Å². The summed E-state index contributed by atoms with van der Waals surface area (Å²) in [5.41, 5.74) is 0. The number of sulfone groups is 1. The van der Waals surface area contributed by atoms with E-state index in [1.54, 1.807) is 10.7 Å². The number of tetrazole rings is 1. The molecule has 2 aromatic rings. The van der Waals surface area contributed by atoms with E-state index in [1.807, 2.05) is 0 Å². The van der Waals surface area contributed by atoms with Gasteiger partial charge in [-0.25, -0.2) is 13.1 Å². The topological polar surface area (TPSA) is 87.0 Å². The molecule has 11 heteroatoms. The molecule has 0 spiro atoms. The lowest BCUT2D eigenvalue weighted by atomic mass is 10.2. The van der Waals surface area contributed by atoms with Crippen LogP contribution in [0.25, 0.3) is 0 Å². The number of hydrogen-bond acceptors (Lipinski definition) is 7. The van der Waals surface area contributed by atoms with E-state index in [2.05, 4.69) is 15.5 Å². The molecule has 0 bridgehead atoms. The molecule has 1 aromatic carbocycles. The van der Waals surface area contributed by atoms with Crippen molar-refractivity contribution in [3.8, 4) is 0 Å². The molecule has 0 saturated carbocycles. The Balaban J connectivity index is 1.61. The number of rotatable bonds is 7. The van der Waals surface area contributed by atoms with Crippen LogP contribution in [0.5, 0.6) is 0 Å². The molecule has 136 valence electrons.